The summed E-state index contributed by atoms with van der Waals surface area (Å²) in [7, 11) is 3.14. The highest BCUT2D eigenvalue weighted by molar-refractivity contribution is 5.93. The molecule has 0 aliphatic carbocycles. The number of nitrogens with one attached hydrogen (secondary N) is 1. The number of hydrogen-bond donors (Lipinski definition) is 1. The van der Waals surface area contributed by atoms with E-state index >= 15 is 0 Å². The Morgan fingerprint density at radius 1 is 0.957 bits per heavy atom. The molecule has 0 aliphatic heterocycles. The first-order valence-electron chi connectivity index (χ1n) is 6.60. The molecule has 2 aromatic carbocycles. The molecule has 5 nitrogen and oxygen atoms in total. The Labute approximate surface area is 138 Å². The molecule has 7 heteroatoms. The van der Waals surface area contributed by atoms with Crippen LogP contribution in [0.5, 0.6) is 11.5 Å². The molecule has 0 unspecified atom stereocenters. The van der Waals surface area contributed by atoms with Crippen LogP contribution in [0.4, 0.5) is 15.9 Å². The molecule has 1 N–H and O–H groups in total. The molecule has 1 aromatic heterocycles. The molecule has 3 rings (SSSR count). The van der Waals surface area contributed by atoms with E-state index in [9.17, 15) is 4.39 Å². The molecule has 1 heterocycles. The molecule has 23 heavy (non-hydrogen) atoms. The number of aromatic nitrogens is 2. The van der Waals surface area contributed by atoms with E-state index in [1.807, 2.05) is 0 Å². The van der Waals surface area contributed by atoms with Crippen LogP contribution in [-0.4, -0.2) is 24.2 Å². The van der Waals surface area contributed by atoms with Crippen molar-refractivity contribution in [2.75, 3.05) is 19.5 Å². The maximum absolute atomic E-state index is 13.0. The third-order valence-electron chi connectivity index (χ3n) is 3.25. The van der Waals surface area contributed by atoms with Gasteiger partial charge in [-0.05, 0) is 30.3 Å². The lowest BCUT2D eigenvalue weighted by Gasteiger charge is -2.12. The molecule has 0 saturated carbocycles. The predicted molar refractivity (Wildman–Crippen MR) is 89.6 cm³/mol. The maximum atomic E-state index is 13.0. The van der Waals surface area contributed by atoms with Gasteiger partial charge >= 0.3 is 0 Å². The van der Waals surface area contributed by atoms with E-state index in [0.29, 0.717) is 17.3 Å². The second-order valence-electron chi connectivity index (χ2n) is 4.58. The number of anilines is 2. The number of halogens is 2. The second-order valence-corrected chi connectivity index (χ2v) is 4.58. The average molecular weight is 336 g/mol. The van der Waals surface area contributed by atoms with Crippen molar-refractivity contribution in [3.63, 3.8) is 0 Å². The summed E-state index contributed by atoms with van der Waals surface area (Å²) in [6, 6.07) is 9.64. The van der Waals surface area contributed by atoms with Crippen LogP contribution in [-0.2, 0) is 0 Å². The lowest BCUT2D eigenvalue weighted by atomic mass is 10.2. The van der Waals surface area contributed by atoms with Crippen LogP contribution < -0.4 is 14.8 Å². The van der Waals surface area contributed by atoms with Crippen molar-refractivity contribution in [3.8, 4) is 11.5 Å². The van der Waals surface area contributed by atoms with Gasteiger partial charge in [0, 0.05) is 17.1 Å². The number of rotatable bonds is 4. The summed E-state index contributed by atoms with van der Waals surface area (Å²) in [6.45, 7) is 0. The van der Waals surface area contributed by atoms with Crippen LogP contribution in [0.2, 0.25) is 0 Å². The van der Waals surface area contributed by atoms with Gasteiger partial charge in [0.05, 0.1) is 19.7 Å². The number of hydrogen-bond acceptors (Lipinski definition) is 5. The average Bonchev–Trinajstić information content (AvgIpc) is 2.56. The lowest BCUT2D eigenvalue weighted by Crippen LogP contribution is -1.98. The minimum absolute atomic E-state index is 0. The van der Waals surface area contributed by atoms with E-state index in [2.05, 4.69) is 15.3 Å². The van der Waals surface area contributed by atoms with E-state index in [-0.39, 0.29) is 18.2 Å². The molecule has 3 aromatic rings. The SMILES string of the molecule is COc1cc2ncnc(Nc3ccc(F)cc3)c2cc1OC.Cl. The van der Waals surface area contributed by atoms with Gasteiger partial charge in [-0.3, -0.25) is 0 Å². The number of nitrogens with zero attached hydrogens (tertiary/aromatic N) is 2. The first-order chi connectivity index (χ1) is 10.7. The van der Waals surface area contributed by atoms with Crippen molar-refractivity contribution in [1.29, 1.82) is 0 Å². The van der Waals surface area contributed by atoms with E-state index in [0.717, 1.165) is 16.6 Å². The fourth-order valence-electron chi connectivity index (χ4n) is 2.15. The van der Waals surface area contributed by atoms with Crippen LogP contribution in [0.25, 0.3) is 10.9 Å². The number of methoxy groups -OCH3 is 2. The summed E-state index contributed by atoms with van der Waals surface area (Å²) in [4.78, 5) is 8.48. The summed E-state index contributed by atoms with van der Waals surface area (Å²) in [5.74, 6) is 1.51. The zero-order valence-electron chi connectivity index (χ0n) is 12.5. The van der Waals surface area contributed by atoms with Gasteiger partial charge in [-0.2, -0.15) is 0 Å². The minimum Gasteiger partial charge on any atom is -0.493 e. The normalized spacial score (nSPS) is 10.0. The van der Waals surface area contributed by atoms with Gasteiger partial charge in [-0.15, -0.1) is 12.4 Å². The maximum Gasteiger partial charge on any atom is 0.162 e. The molecular formula is C16H15ClFN3O2. The Bertz CT molecular complexity index is 812. The molecule has 0 amide bonds. The van der Waals surface area contributed by atoms with Gasteiger partial charge in [-0.25, -0.2) is 14.4 Å². The monoisotopic (exact) mass is 335 g/mol. The van der Waals surface area contributed by atoms with Gasteiger partial charge in [0.15, 0.2) is 11.5 Å². The Morgan fingerprint density at radius 2 is 1.61 bits per heavy atom. The lowest BCUT2D eigenvalue weighted by molar-refractivity contribution is 0.356. The quantitative estimate of drug-likeness (QED) is 0.782. The molecular weight excluding hydrogens is 321 g/mol. The zero-order chi connectivity index (χ0) is 15.5. The predicted octanol–water partition coefficient (Wildman–Crippen LogP) is 3.95. The van der Waals surface area contributed by atoms with Crippen LogP contribution in [0.15, 0.2) is 42.7 Å². The van der Waals surface area contributed by atoms with E-state index in [1.54, 1.807) is 38.5 Å². The Morgan fingerprint density at radius 3 is 2.26 bits per heavy atom. The highest BCUT2D eigenvalue weighted by atomic mass is 35.5. The molecule has 0 atom stereocenters. The van der Waals surface area contributed by atoms with Gasteiger partial charge in [0.2, 0.25) is 0 Å². The first-order valence-corrected chi connectivity index (χ1v) is 6.60. The summed E-state index contributed by atoms with van der Waals surface area (Å²) < 4.78 is 23.6. The van der Waals surface area contributed by atoms with Crippen molar-refractivity contribution in [1.82, 2.24) is 9.97 Å². The van der Waals surface area contributed by atoms with Crippen molar-refractivity contribution in [2.24, 2.45) is 0 Å². The van der Waals surface area contributed by atoms with Crippen molar-refractivity contribution >= 4 is 34.8 Å². The molecule has 0 radical (unpaired) electrons. The zero-order valence-corrected chi connectivity index (χ0v) is 13.4. The topological polar surface area (TPSA) is 56.3 Å². The Kier molecular flexibility index (Phi) is 5.18. The van der Waals surface area contributed by atoms with Gasteiger partial charge in [0.25, 0.3) is 0 Å². The second kappa shape index (κ2) is 7.11. The van der Waals surface area contributed by atoms with Crippen LogP contribution in [0.3, 0.4) is 0 Å². The standard InChI is InChI=1S/C16H14FN3O2.ClH/c1-21-14-7-12-13(8-15(14)22-2)18-9-19-16(12)20-11-5-3-10(17)4-6-11;/h3-9H,1-2H3,(H,18,19,20);1H. The van der Waals surface area contributed by atoms with Crippen molar-refractivity contribution in [3.05, 3.63) is 48.5 Å². The summed E-state index contributed by atoms with van der Waals surface area (Å²) in [5.41, 5.74) is 1.45. The third kappa shape index (κ3) is 3.43. The molecule has 0 fully saturated rings. The fourth-order valence-corrected chi connectivity index (χ4v) is 2.15. The summed E-state index contributed by atoms with van der Waals surface area (Å²) in [6.07, 6.45) is 1.46. The van der Waals surface area contributed by atoms with Crippen molar-refractivity contribution < 1.29 is 13.9 Å². The highest BCUT2D eigenvalue weighted by Crippen LogP contribution is 2.34. The third-order valence-corrected chi connectivity index (χ3v) is 3.25. The van der Waals surface area contributed by atoms with Gasteiger partial charge in [-0.1, -0.05) is 0 Å². The highest BCUT2D eigenvalue weighted by Gasteiger charge is 2.11. The van der Waals surface area contributed by atoms with Crippen LogP contribution in [0, 0.1) is 5.82 Å². The molecule has 0 aliphatic rings. The summed E-state index contributed by atoms with van der Waals surface area (Å²) in [5, 5.41) is 3.93. The van der Waals surface area contributed by atoms with Crippen LogP contribution in [0.1, 0.15) is 0 Å². The smallest absolute Gasteiger partial charge is 0.162 e. The first kappa shape index (κ1) is 16.8. The van der Waals surface area contributed by atoms with Crippen molar-refractivity contribution in [2.45, 2.75) is 0 Å². The van der Waals surface area contributed by atoms with E-state index in [4.69, 9.17) is 9.47 Å². The number of benzene rings is 2. The van der Waals surface area contributed by atoms with Gasteiger partial charge in [0.1, 0.15) is 18.0 Å². The van der Waals surface area contributed by atoms with E-state index < -0.39 is 0 Å². The summed E-state index contributed by atoms with van der Waals surface area (Å²) >= 11 is 0. The van der Waals surface area contributed by atoms with E-state index in [1.165, 1.54) is 18.5 Å². The fraction of sp³-hybridized carbons (Fsp3) is 0.125. The number of ether oxygens (including phenoxy) is 2. The molecule has 0 spiro atoms. The Hall–Kier alpha value is -2.60. The largest absolute Gasteiger partial charge is 0.493 e. The molecule has 120 valence electrons. The van der Waals surface area contributed by atoms with Gasteiger partial charge < -0.3 is 14.8 Å². The minimum atomic E-state index is -0.287. The Balaban J connectivity index is 0.00000192. The van der Waals surface area contributed by atoms with Crippen LogP contribution >= 0.6 is 12.4 Å². The number of fused-ring (bicyclic) bond motifs is 1. The molecule has 0 bridgehead atoms. The molecule has 0 saturated heterocycles.